The topological polar surface area (TPSA) is 223 Å². The Kier molecular flexibility index (Phi) is 31.8. The number of carbonyl (C=O) groups is 8. The quantitative estimate of drug-likeness (QED) is 0.0442. The van der Waals surface area contributed by atoms with Crippen molar-refractivity contribution < 1.29 is 76.3 Å². The fourth-order valence-electron chi connectivity index (χ4n) is 6.04. The standard InChI is InChI=1S/C49H84Br4N4O16/c1-45(2,25-33(50)37(58)66-21-17-54(9)10)41(62)70-29-49(30-71-42(63)46(3,4)26-34(51)38(59)67-22-18-55(11)12,31-72-43(64)47(5,6)27-35(52)39(60)68-23-19-56(13)14)32-73-44(65)48(7,8)28-36(53)40(61)69-24-20-57(15)16/h33-36H,17-32H2,1-16H3. The summed E-state index contributed by atoms with van der Waals surface area (Å²) in [7, 11) is 14.6. The highest BCUT2D eigenvalue weighted by Crippen LogP contribution is 2.35. The SMILES string of the molecule is CN(C)CCOC(=O)C(Br)CC(C)(C)C(=O)OCC(COC(=O)C(C)(C)CC(Br)C(=O)OCCN(C)C)(COC(=O)C(C)(C)CC(Br)C(=O)OCCN(C)C)COC(=O)C(C)(C)CC(Br)C(=O)OCCN(C)C. The van der Waals surface area contributed by atoms with Crippen molar-refractivity contribution in [1.82, 2.24) is 19.6 Å². The van der Waals surface area contributed by atoms with Gasteiger partial charge in [0.25, 0.3) is 0 Å². The molecule has 0 heterocycles. The van der Waals surface area contributed by atoms with Gasteiger partial charge in [0, 0.05) is 26.2 Å². The molecule has 0 aliphatic heterocycles. The van der Waals surface area contributed by atoms with Crippen LogP contribution in [0.25, 0.3) is 0 Å². The molecular formula is C49H84Br4N4O16. The molecule has 0 saturated carbocycles. The average molecular weight is 1300 g/mol. The summed E-state index contributed by atoms with van der Waals surface area (Å²) in [5.74, 6) is -5.63. The van der Waals surface area contributed by atoms with Gasteiger partial charge in [0.1, 0.15) is 77.6 Å². The van der Waals surface area contributed by atoms with E-state index in [1.807, 2.05) is 76.0 Å². The van der Waals surface area contributed by atoms with E-state index >= 15 is 0 Å². The molecule has 0 spiro atoms. The minimum Gasteiger partial charge on any atom is -0.464 e. The molecule has 24 heteroatoms. The molecule has 0 rings (SSSR count). The van der Waals surface area contributed by atoms with Crippen molar-refractivity contribution in [1.29, 1.82) is 0 Å². The lowest BCUT2D eigenvalue weighted by molar-refractivity contribution is -0.182. The maximum absolute atomic E-state index is 14.1. The zero-order valence-electron chi connectivity index (χ0n) is 46.0. The Balaban J connectivity index is 7.18. The van der Waals surface area contributed by atoms with E-state index in [9.17, 15) is 38.4 Å². The van der Waals surface area contributed by atoms with Crippen LogP contribution in [0, 0.1) is 27.1 Å². The van der Waals surface area contributed by atoms with Crippen molar-refractivity contribution in [3.05, 3.63) is 0 Å². The maximum Gasteiger partial charge on any atom is 0.319 e. The molecule has 0 amide bonds. The molecule has 0 radical (unpaired) electrons. The van der Waals surface area contributed by atoms with Crippen LogP contribution in [0.5, 0.6) is 0 Å². The van der Waals surface area contributed by atoms with E-state index in [0.717, 1.165) is 0 Å². The summed E-state index contributed by atoms with van der Waals surface area (Å²) < 4.78 is 45.3. The van der Waals surface area contributed by atoms with Gasteiger partial charge in [-0.15, -0.1) is 0 Å². The van der Waals surface area contributed by atoms with Crippen LogP contribution in [0.3, 0.4) is 0 Å². The van der Waals surface area contributed by atoms with Gasteiger partial charge in [0.15, 0.2) is 0 Å². The first-order valence-corrected chi connectivity index (χ1v) is 27.6. The van der Waals surface area contributed by atoms with Crippen molar-refractivity contribution in [2.75, 3.05) is 135 Å². The summed E-state index contributed by atoms with van der Waals surface area (Å²) in [5.41, 5.74) is -7.20. The number of esters is 8. The predicted octanol–water partition coefficient (Wildman–Crippen LogP) is 5.28. The van der Waals surface area contributed by atoms with Crippen LogP contribution in [0.15, 0.2) is 0 Å². The van der Waals surface area contributed by atoms with Gasteiger partial charge in [-0.05, 0) is 137 Å². The van der Waals surface area contributed by atoms with Gasteiger partial charge in [0.05, 0.1) is 21.7 Å². The van der Waals surface area contributed by atoms with Gasteiger partial charge in [-0.1, -0.05) is 63.7 Å². The highest BCUT2D eigenvalue weighted by atomic mass is 79.9. The number of likely N-dealkylation sites (N-methyl/N-ethyl adjacent to an activating group) is 4. The zero-order valence-corrected chi connectivity index (χ0v) is 52.3. The third-order valence-electron chi connectivity index (χ3n) is 11.2. The summed E-state index contributed by atoms with van der Waals surface area (Å²) in [6, 6.07) is 0. The number of halogens is 4. The first-order chi connectivity index (χ1) is 33.4. The largest absolute Gasteiger partial charge is 0.464 e. The minimum absolute atomic E-state index is 0.0724. The third-order valence-corrected chi connectivity index (χ3v) is 14.0. The van der Waals surface area contributed by atoms with E-state index in [-0.39, 0.29) is 52.1 Å². The maximum atomic E-state index is 14.1. The van der Waals surface area contributed by atoms with Gasteiger partial charge in [-0.3, -0.25) is 38.4 Å². The van der Waals surface area contributed by atoms with Crippen LogP contribution in [-0.4, -0.2) is 222 Å². The van der Waals surface area contributed by atoms with Crippen LogP contribution in [0.2, 0.25) is 0 Å². The Morgan fingerprint density at radius 3 is 0.644 bits per heavy atom. The second-order valence-electron chi connectivity index (χ2n) is 21.9. The highest BCUT2D eigenvalue weighted by Gasteiger charge is 2.46. The number of hydrogen-bond acceptors (Lipinski definition) is 20. The Morgan fingerprint density at radius 1 is 0.329 bits per heavy atom. The summed E-state index contributed by atoms with van der Waals surface area (Å²) in [4.78, 5) is 112. The summed E-state index contributed by atoms with van der Waals surface area (Å²) in [6.07, 6.45) is -0.290. The second kappa shape index (κ2) is 33.0. The Bertz CT molecular complexity index is 1540. The lowest BCUT2D eigenvalue weighted by atomic mass is 9.86. The number of carbonyl (C=O) groups excluding carboxylic acids is 8. The van der Waals surface area contributed by atoms with Crippen LogP contribution in [-0.2, 0) is 76.3 Å². The molecule has 0 aromatic rings. The first kappa shape index (κ1) is 70.5. The van der Waals surface area contributed by atoms with Gasteiger partial charge >= 0.3 is 47.8 Å². The highest BCUT2D eigenvalue weighted by molar-refractivity contribution is 9.10. The smallest absolute Gasteiger partial charge is 0.319 e. The summed E-state index contributed by atoms with van der Waals surface area (Å²) >= 11 is 13.4. The van der Waals surface area contributed by atoms with Crippen molar-refractivity contribution >= 4 is 111 Å². The van der Waals surface area contributed by atoms with Crippen molar-refractivity contribution in [3.63, 3.8) is 0 Å². The average Bonchev–Trinajstić information content (AvgIpc) is 3.26. The number of rotatable bonds is 36. The van der Waals surface area contributed by atoms with Crippen LogP contribution in [0.1, 0.15) is 81.1 Å². The van der Waals surface area contributed by atoms with E-state index < -0.39 is 121 Å². The number of ether oxygens (including phenoxy) is 8. The number of alkyl halides is 4. The molecule has 20 nitrogen and oxygen atoms in total. The fraction of sp³-hybridized carbons (Fsp3) is 0.837. The molecule has 4 unspecified atom stereocenters. The van der Waals surface area contributed by atoms with Crippen molar-refractivity contribution in [3.8, 4) is 0 Å². The van der Waals surface area contributed by atoms with Crippen molar-refractivity contribution in [2.24, 2.45) is 27.1 Å². The van der Waals surface area contributed by atoms with Crippen LogP contribution in [0.4, 0.5) is 0 Å². The Labute approximate surface area is 467 Å². The van der Waals surface area contributed by atoms with Gasteiger partial charge in [0.2, 0.25) is 0 Å². The molecule has 0 aliphatic rings. The lowest BCUT2D eigenvalue weighted by Crippen LogP contribution is -2.47. The van der Waals surface area contributed by atoms with E-state index in [1.165, 1.54) is 0 Å². The molecular weight excluding hydrogens is 1220 g/mol. The summed E-state index contributed by atoms with van der Waals surface area (Å²) in [5, 5.41) is 0. The van der Waals surface area contributed by atoms with Gasteiger partial charge < -0.3 is 57.5 Å². The minimum atomic E-state index is -1.81. The molecule has 0 N–H and O–H groups in total. The van der Waals surface area contributed by atoms with E-state index in [4.69, 9.17) is 37.9 Å². The Hall–Kier alpha value is -2.48. The van der Waals surface area contributed by atoms with Crippen molar-refractivity contribution in [2.45, 2.75) is 100 Å². The first-order valence-electron chi connectivity index (χ1n) is 23.9. The molecule has 4 atom stereocenters. The van der Waals surface area contributed by atoms with Crippen LogP contribution < -0.4 is 0 Å². The Morgan fingerprint density at radius 2 is 0.493 bits per heavy atom. The van der Waals surface area contributed by atoms with E-state index in [1.54, 1.807) is 55.4 Å². The third kappa shape index (κ3) is 28.5. The molecule has 424 valence electrons. The monoisotopic (exact) mass is 1300 g/mol. The molecule has 73 heavy (non-hydrogen) atoms. The van der Waals surface area contributed by atoms with Crippen LogP contribution >= 0.6 is 63.7 Å². The van der Waals surface area contributed by atoms with E-state index in [2.05, 4.69) is 63.7 Å². The molecule has 0 aromatic heterocycles. The van der Waals surface area contributed by atoms with Gasteiger partial charge in [-0.25, -0.2) is 0 Å². The fourth-order valence-corrected chi connectivity index (χ4v) is 9.81. The lowest BCUT2D eigenvalue weighted by Gasteiger charge is -2.36. The second-order valence-corrected chi connectivity index (χ2v) is 26.3. The predicted molar refractivity (Wildman–Crippen MR) is 289 cm³/mol. The van der Waals surface area contributed by atoms with E-state index in [0.29, 0.717) is 26.2 Å². The number of nitrogens with zero attached hydrogens (tertiary/aromatic N) is 4. The normalized spacial score (nSPS) is 14.9. The number of hydrogen-bond donors (Lipinski definition) is 0. The molecule has 0 aromatic carbocycles. The molecule has 0 aliphatic carbocycles. The van der Waals surface area contributed by atoms with Gasteiger partial charge in [-0.2, -0.15) is 0 Å². The molecule has 0 fully saturated rings. The summed E-state index contributed by atoms with van der Waals surface area (Å²) in [6.45, 7) is 12.2. The zero-order chi connectivity index (χ0) is 56.7. The molecule has 0 saturated heterocycles. The molecule has 0 bridgehead atoms.